The lowest BCUT2D eigenvalue weighted by Gasteiger charge is -2.24. The van der Waals surface area contributed by atoms with E-state index in [2.05, 4.69) is 20.8 Å². The average Bonchev–Trinajstić information content (AvgIpc) is 1.86. The van der Waals surface area contributed by atoms with E-state index in [9.17, 15) is 5.11 Å². The molecule has 0 unspecified atom stereocenters. The van der Waals surface area contributed by atoms with Crippen molar-refractivity contribution in [3.63, 3.8) is 0 Å². The Kier molecular flexibility index (Phi) is 2.08. The van der Waals surface area contributed by atoms with Gasteiger partial charge in [-0.15, -0.1) is 0 Å². The molecular weight excluding hydrogens is 136 g/mol. The quantitative estimate of drug-likeness (QED) is 0.565. The maximum Gasteiger partial charge on any atom is 0.111 e. The van der Waals surface area contributed by atoms with Gasteiger partial charge in [0.05, 0.1) is 0 Å². The van der Waals surface area contributed by atoms with E-state index in [4.69, 9.17) is 0 Å². The number of aliphatic hydroxyl groups is 1. The van der Waals surface area contributed by atoms with Crippen LogP contribution >= 0.6 is 0 Å². The summed E-state index contributed by atoms with van der Waals surface area (Å²) in [5.41, 5.74) is 1.56. The molecule has 0 spiro atoms. The molecular formula is C10H16O. The first kappa shape index (κ1) is 8.38. The highest BCUT2D eigenvalue weighted by Gasteiger charge is 2.18. The molecule has 0 aromatic heterocycles. The van der Waals surface area contributed by atoms with Gasteiger partial charge < -0.3 is 5.11 Å². The molecule has 1 rings (SSSR count). The highest BCUT2D eigenvalue weighted by molar-refractivity contribution is 5.25. The summed E-state index contributed by atoms with van der Waals surface area (Å²) < 4.78 is 0. The topological polar surface area (TPSA) is 20.2 Å². The van der Waals surface area contributed by atoms with Crippen molar-refractivity contribution in [3.05, 3.63) is 23.5 Å². The van der Waals surface area contributed by atoms with Crippen molar-refractivity contribution in [1.29, 1.82) is 0 Å². The summed E-state index contributed by atoms with van der Waals surface area (Å²) >= 11 is 0. The van der Waals surface area contributed by atoms with Crippen LogP contribution in [0, 0.1) is 5.41 Å². The molecule has 0 saturated heterocycles. The zero-order valence-electron chi connectivity index (χ0n) is 7.52. The van der Waals surface area contributed by atoms with Crippen molar-refractivity contribution < 1.29 is 5.11 Å². The highest BCUT2D eigenvalue weighted by atomic mass is 16.3. The normalized spacial score (nSPS) is 19.2. The Morgan fingerprint density at radius 3 is 2.36 bits per heavy atom. The minimum Gasteiger partial charge on any atom is -0.508 e. The smallest absolute Gasteiger partial charge is 0.111 e. The van der Waals surface area contributed by atoms with Crippen LogP contribution in [0.1, 0.15) is 33.6 Å². The summed E-state index contributed by atoms with van der Waals surface area (Å²) in [5.74, 6) is 0.432. The zero-order chi connectivity index (χ0) is 8.48. The van der Waals surface area contributed by atoms with Gasteiger partial charge in [0.2, 0.25) is 0 Å². The molecule has 0 fully saturated rings. The molecule has 62 valence electrons. The van der Waals surface area contributed by atoms with Crippen LogP contribution in [-0.2, 0) is 0 Å². The molecule has 1 N–H and O–H groups in total. The van der Waals surface area contributed by atoms with Gasteiger partial charge in [0.15, 0.2) is 0 Å². The van der Waals surface area contributed by atoms with E-state index >= 15 is 0 Å². The summed E-state index contributed by atoms with van der Waals surface area (Å²) in [6.07, 6.45) is 5.83. The second-order valence-corrected chi connectivity index (χ2v) is 4.09. The predicted molar refractivity (Wildman–Crippen MR) is 47.5 cm³/mol. The minimum atomic E-state index is 0.211. The molecule has 1 nitrogen and oxygen atoms in total. The predicted octanol–water partition coefficient (Wildman–Crippen LogP) is 3.19. The third kappa shape index (κ3) is 2.11. The van der Waals surface area contributed by atoms with Crippen molar-refractivity contribution in [3.8, 4) is 0 Å². The standard InChI is InChI=1S/C10H16O/c1-10(2,3)8-5-4-6-9(11)7-8/h6-7,11H,4-5H2,1-3H3. The van der Waals surface area contributed by atoms with Gasteiger partial charge in [0.25, 0.3) is 0 Å². The van der Waals surface area contributed by atoms with Crippen molar-refractivity contribution >= 4 is 0 Å². The fourth-order valence-electron chi connectivity index (χ4n) is 1.28. The molecule has 0 aliphatic heterocycles. The molecule has 1 heteroatoms. The SMILES string of the molecule is CC(C)(C)C1=CC(O)=CCC1. The van der Waals surface area contributed by atoms with Gasteiger partial charge >= 0.3 is 0 Å². The molecule has 0 amide bonds. The molecule has 0 aromatic carbocycles. The summed E-state index contributed by atoms with van der Waals surface area (Å²) in [6, 6.07) is 0. The van der Waals surface area contributed by atoms with Crippen LogP contribution in [0.2, 0.25) is 0 Å². The summed E-state index contributed by atoms with van der Waals surface area (Å²) in [7, 11) is 0. The Hall–Kier alpha value is -0.720. The summed E-state index contributed by atoms with van der Waals surface area (Å²) in [6.45, 7) is 6.53. The first-order valence-electron chi connectivity index (χ1n) is 4.10. The van der Waals surface area contributed by atoms with Crippen molar-refractivity contribution in [2.75, 3.05) is 0 Å². The van der Waals surface area contributed by atoms with Gasteiger partial charge in [-0.25, -0.2) is 0 Å². The second-order valence-electron chi connectivity index (χ2n) is 4.09. The van der Waals surface area contributed by atoms with Crippen molar-refractivity contribution in [2.24, 2.45) is 5.41 Å². The Balaban J connectivity index is 2.82. The number of rotatable bonds is 0. The molecule has 0 radical (unpaired) electrons. The first-order chi connectivity index (χ1) is 5.00. The Bertz CT molecular complexity index is 203. The van der Waals surface area contributed by atoms with Gasteiger partial charge in [-0.05, 0) is 30.4 Å². The first-order valence-corrected chi connectivity index (χ1v) is 4.10. The lowest BCUT2D eigenvalue weighted by Crippen LogP contribution is -2.11. The molecule has 0 atom stereocenters. The van der Waals surface area contributed by atoms with E-state index in [0.717, 1.165) is 12.8 Å². The van der Waals surface area contributed by atoms with Crippen LogP contribution in [0.15, 0.2) is 23.5 Å². The third-order valence-electron chi connectivity index (χ3n) is 2.05. The fraction of sp³-hybridized carbons (Fsp3) is 0.600. The highest BCUT2D eigenvalue weighted by Crippen LogP contribution is 2.32. The van der Waals surface area contributed by atoms with E-state index in [1.807, 2.05) is 12.2 Å². The van der Waals surface area contributed by atoms with Crippen LogP contribution in [0.5, 0.6) is 0 Å². The lowest BCUT2D eigenvalue weighted by atomic mass is 9.82. The van der Waals surface area contributed by atoms with Crippen molar-refractivity contribution in [1.82, 2.24) is 0 Å². The Morgan fingerprint density at radius 1 is 1.36 bits per heavy atom. The molecule has 1 aliphatic carbocycles. The lowest BCUT2D eigenvalue weighted by molar-refractivity contribution is 0.410. The third-order valence-corrected chi connectivity index (χ3v) is 2.05. The number of allylic oxidation sites excluding steroid dienone is 3. The Morgan fingerprint density at radius 2 is 2.00 bits per heavy atom. The van der Waals surface area contributed by atoms with E-state index in [1.165, 1.54) is 5.57 Å². The maximum absolute atomic E-state index is 9.23. The average molecular weight is 152 g/mol. The van der Waals surface area contributed by atoms with E-state index in [1.54, 1.807) is 0 Å². The van der Waals surface area contributed by atoms with Gasteiger partial charge in [0, 0.05) is 0 Å². The van der Waals surface area contributed by atoms with Crippen LogP contribution < -0.4 is 0 Å². The molecule has 0 saturated carbocycles. The largest absolute Gasteiger partial charge is 0.508 e. The summed E-state index contributed by atoms with van der Waals surface area (Å²) in [5, 5.41) is 9.23. The monoisotopic (exact) mass is 152 g/mol. The number of aliphatic hydroxyl groups excluding tert-OH is 1. The van der Waals surface area contributed by atoms with Crippen LogP contribution in [0.4, 0.5) is 0 Å². The Labute approximate surface area is 68.4 Å². The van der Waals surface area contributed by atoms with Crippen LogP contribution in [0.3, 0.4) is 0 Å². The summed E-state index contributed by atoms with van der Waals surface area (Å²) in [4.78, 5) is 0. The van der Waals surface area contributed by atoms with Gasteiger partial charge in [-0.2, -0.15) is 0 Å². The van der Waals surface area contributed by atoms with Crippen LogP contribution in [-0.4, -0.2) is 5.11 Å². The van der Waals surface area contributed by atoms with Crippen molar-refractivity contribution in [2.45, 2.75) is 33.6 Å². The van der Waals surface area contributed by atoms with E-state index in [-0.39, 0.29) is 5.41 Å². The molecule has 11 heavy (non-hydrogen) atoms. The van der Waals surface area contributed by atoms with Crippen LogP contribution in [0.25, 0.3) is 0 Å². The van der Waals surface area contributed by atoms with Gasteiger partial charge in [-0.1, -0.05) is 26.3 Å². The minimum absolute atomic E-state index is 0.211. The molecule has 0 heterocycles. The number of hydrogen-bond donors (Lipinski definition) is 1. The van der Waals surface area contributed by atoms with E-state index < -0.39 is 0 Å². The zero-order valence-corrected chi connectivity index (χ0v) is 7.52. The van der Waals surface area contributed by atoms with Gasteiger partial charge in [0.1, 0.15) is 5.76 Å². The number of hydrogen-bond acceptors (Lipinski definition) is 1. The maximum atomic E-state index is 9.23. The van der Waals surface area contributed by atoms with E-state index in [0.29, 0.717) is 5.76 Å². The second kappa shape index (κ2) is 2.72. The fourth-order valence-corrected chi connectivity index (χ4v) is 1.28. The molecule has 0 aromatic rings. The molecule has 0 bridgehead atoms. The molecule has 1 aliphatic rings. The van der Waals surface area contributed by atoms with Gasteiger partial charge in [-0.3, -0.25) is 0 Å².